The molecule has 0 saturated carbocycles. The number of hydrogen-bond acceptors (Lipinski definition) is 6. The lowest BCUT2D eigenvalue weighted by Gasteiger charge is -2.23. The molecule has 1 aromatic heterocycles. The van der Waals surface area contributed by atoms with Gasteiger partial charge in [-0.25, -0.2) is 13.8 Å². The highest BCUT2D eigenvalue weighted by Gasteiger charge is 2.28. The van der Waals surface area contributed by atoms with Gasteiger partial charge >= 0.3 is 0 Å². The summed E-state index contributed by atoms with van der Waals surface area (Å²) < 4.78 is 29.8. The number of nitrogens with one attached hydrogen (secondary N) is 1. The van der Waals surface area contributed by atoms with Gasteiger partial charge in [0, 0.05) is 34.8 Å². The summed E-state index contributed by atoms with van der Waals surface area (Å²) in [5.41, 5.74) is 8.06. The van der Waals surface area contributed by atoms with Gasteiger partial charge in [-0.15, -0.1) is 0 Å². The van der Waals surface area contributed by atoms with E-state index in [0.717, 1.165) is 44.1 Å². The summed E-state index contributed by atoms with van der Waals surface area (Å²) in [5.74, 6) is -0.717. The molecular weight excluding hydrogens is 530 g/mol. The van der Waals surface area contributed by atoms with E-state index in [4.69, 9.17) is 0 Å². The number of carbonyl (C=O) groups is 1. The quantitative estimate of drug-likeness (QED) is 0.176. The number of benzene rings is 3. The van der Waals surface area contributed by atoms with Gasteiger partial charge in [0.25, 0.3) is 21.6 Å². The molecule has 11 heteroatoms. The van der Waals surface area contributed by atoms with E-state index in [9.17, 15) is 23.3 Å². The SMILES string of the molecule is Cc1cc(C)cc(-n2c(C)cc(/C=N\NC(=O)CN(c3cccc([N+](=O)[O-])c3)S(=O)(=O)c3ccccc3)c2C)c1. The van der Waals surface area contributed by atoms with E-state index < -0.39 is 27.4 Å². The molecule has 0 saturated heterocycles. The Kier molecular flexibility index (Phi) is 8.15. The number of aryl methyl sites for hydroxylation is 3. The summed E-state index contributed by atoms with van der Waals surface area (Å²) in [4.78, 5) is 23.5. The van der Waals surface area contributed by atoms with Crippen LogP contribution in [0.4, 0.5) is 11.4 Å². The molecule has 40 heavy (non-hydrogen) atoms. The van der Waals surface area contributed by atoms with Crippen molar-refractivity contribution in [2.24, 2.45) is 5.10 Å². The highest BCUT2D eigenvalue weighted by molar-refractivity contribution is 7.92. The van der Waals surface area contributed by atoms with Gasteiger partial charge in [-0.2, -0.15) is 5.10 Å². The van der Waals surface area contributed by atoms with Crippen LogP contribution in [0.25, 0.3) is 5.69 Å². The summed E-state index contributed by atoms with van der Waals surface area (Å²) in [5, 5.41) is 15.4. The molecular formula is C29H29N5O5S. The average molecular weight is 560 g/mol. The minimum atomic E-state index is -4.22. The predicted molar refractivity (Wildman–Crippen MR) is 155 cm³/mol. The van der Waals surface area contributed by atoms with Gasteiger partial charge in [-0.1, -0.05) is 30.3 Å². The van der Waals surface area contributed by atoms with Gasteiger partial charge in [-0.05, 0) is 75.2 Å². The van der Waals surface area contributed by atoms with E-state index in [1.807, 2.05) is 33.8 Å². The zero-order chi connectivity index (χ0) is 29.0. The number of sulfonamides is 1. The molecule has 1 heterocycles. The first-order chi connectivity index (χ1) is 19.0. The molecule has 0 atom stereocenters. The van der Waals surface area contributed by atoms with Crippen LogP contribution in [-0.4, -0.2) is 36.6 Å². The zero-order valence-corrected chi connectivity index (χ0v) is 23.3. The van der Waals surface area contributed by atoms with Crippen LogP contribution in [0.2, 0.25) is 0 Å². The lowest BCUT2D eigenvalue weighted by molar-refractivity contribution is -0.384. The molecule has 0 aliphatic rings. The van der Waals surface area contributed by atoms with Crippen molar-refractivity contribution in [3.63, 3.8) is 0 Å². The number of carbonyl (C=O) groups excluding carboxylic acids is 1. The van der Waals surface area contributed by atoms with Crippen LogP contribution in [0.3, 0.4) is 0 Å². The van der Waals surface area contributed by atoms with Gasteiger partial charge in [0.05, 0.1) is 21.7 Å². The molecule has 4 aromatic rings. The van der Waals surface area contributed by atoms with Crippen molar-refractivity contribution in [1.29, 1.82) is 0 Å². The third-order valence-corrected chi connectivity index (χ3v) is 8.06. The Labute approximate surface area is 232 Å². The van der Waals surface area contributed by atoms with E-state index in [1.54, 1.807) is 18.2 Å². The topological polar surface area (TPSA) is 127 Å². The number of hydrazone groups is 1. The first kappa shape index (κ1) is 28.2. The highest BCUT2D eigenvalue weighted by atomic mass is 32.2. The van der Waals surface area contributed by atoms with Crippen LogP contribution in [0, 0.1) is 37.8 Å². The molecule has 1 N–H and O–H groups in total. The number of nitrogens with zero attached hydrogens (tertiary/aromatic N) is 4. The second-order valence-electron chi connectivity index (χ2n) is 9.40. The summed E-state index contributed by atoms with van der Waals surface area (Å²) in [6, 6.07) is 20.9. The third kappa shape index (κ3) is 6.10. The lowest BCUT2D eigenvalue weighted by Crippen LogP contribution is -2.39. The molecule has 4 rings (SSSR count). The van der Waals surface area contributed by atoms with E-state index in [-0.39, 0.29) is 16.3 Å². The average Bonchev–Trinajstić information content (AvgIpc) is 3.19. The smallest absolute Gasteiger partial charge is 0.271 e. The Hall–Kier alpha value is -4.77. The number of non-ortho nitro benzene ring substituents is 1. The Balaban J connectivity index is 1.58. The van der Waals surface area contributed by atoms with Crippen LogP contribution < -0.4 is 9.73 Å². The molecule has 0 unspecified atom stereocenters. The Morgan fingerprint density at radius 2 is 1.65 bits per heavy atom. The van der Waals surface area contributed by atoms with Crippen molar-refractivity contribution in [2.45, 2.75) is 32.6 Å². The van der Waals surface area contributed by atoms with Crippen molar-refractivity contribution in [2.75, 3.05) is 10.8 Å². The first-order valence-corrected chi connectivity index (χ1v) is 13.8. The van der Waals surface area contributed by atoms with Crippen molar-refractivity contribution in [3.05, 3.63) is 117 Å². The fourth-order valence-corrected chi connectivity index (χ4v) is 5.97. The summed E-state index contributed by atoms with van der Waals surface area (Å²) >= 11 is 0. The Bertz CT molecular complexity index is 1690. The molecule has 0 aliphatic carbocycles. The summed E-state index contributed by atoms with van der Waals surface area (Å²) in [6.45, 7) is 7.36. The van der Waals surface area contributed by atoms with Gasteiger partial charge in [0.1, 0.15) is 6.54 Å². The molecule has 0 bridgehead atoms. The first-order valence-electron chi connectivity index (χ1n) is 12.4. The van der Waals surface area contributed by atoms with E-state index in [0.29, 0.717) is 0 Å². The molecule has 10 nitrogen and oxygen atoms in total. The maximum atomic E-state index is 13.4. The second-order valence-corrected chi connectivity index (χ2v) is 11.3. The summed E-state index contributed by atoms with van der Waals surface area (Å²) in [7, 11) is -4.22. The van der Waals surface area contributed by atoms with E-state index in [1.165, 1.54) is 36.5 Å². The fourth-order valence-electron chi connectivity index (χ4n) is 4.53. The number of hydrogen-bond donors (Lipinski definition) is 1. The Morgan fingerprint density at radius 3 is 2.30 bits per heavy atom. The van der Waals surface area contributed by atoms with E-state index in [2.05, 4.69) is 33.3 Å². The maximum absolute atomic E-state index is 13.4. The monoisotopic (exact) mass is 559 g/mol. The standard InChI is InChI=1S/C29H29N5O5S/c1-20-13-21(2)15-27(14-20)33-22(3)16-24(23(33)4)18-30-31-29(35)19-32(25-9-8-10-26(17-25)34(36)37)40(38,39)28-11-6-5-7-12-28/h5-18H,19H2,1-4H3,(H,31,35)/b30-18-. The number of rotatable bonds is 9. The van der Waals surface area contributed by atoms with Gasteiger partial charge in [0.15, 0.2) is 0 Å². The number of amides is 1. The van der Waals surface area contributed by atoms with Crippen molar-refractivity contribution < 1.29 is 18.1 Å². The van der Waals surface area contributed by atoms with Crippen molar-refractivity contribution in [3.8, 4) is 5.69 Å². The number of anilines is 1. The second kappa shape index (κ2) is 11.5. The van der Waals surface area contributed by atoms with Crippen LogP contribution in [0.1, 0.15) is 28.1 Å². The highest BCUT2D eigenvalue weighted by Crippen LogP contribution is 2.27. The molecule has 3 aromatic carbocycles. The van der Waals surface area contributed by atoms with Crippen LogP contribution in [0.5, 0.6) is 0 Å². The number of nitro benzene ring substituents is 1. The van der Waals surface area contributed by atoms with Gasteiger partial charge < -0.3 is 4.57 Å². The molecule has 206 valence electrons. The van der Waals surface area contributed by atoms with Crippen LogP contribution in [-0.2, 0) is 14.8 Å². The molecule has 0 fully saturated rings. The molecule has 0 aliphatic heterocycles. The van der Waals surface area contributed by atoms with E-state index >= 15 is 0 Å². The van der Waals surface area contributed by atoms with Crippen LogP contribution in [0.15, 0.2) is 88.9 Å². The molecule has 1 amide bonds. The minimum absolute atomic E-state index is 0.0193. The largest absolute Gasteiger partial charge is 0.318 e. The zero-order valence-electron chi connectivity index (χ0n) is 22.5. The predicted octanol–water partition coefficient (Wildman–Crippen LogP) is 4.96. The fraction of sp³-hybridized carbons (Fsp3) is 0.172. The third-order valence-electron chi connectivity index (χ3n) is 6.27. The normalized spacial score (nSPS) is 11.5. The number of nitro groups is 1. The van der Waals surface area contributed by atoms with Gasteiger partial charge in [0.2, 0.25) is 0 Å². The van der Waals surface area contributed by atoms with Crippen molar-refractivity contribution in [1.82, 2.24) is 9.99 Å². The Morgan fingerprint density at radius 1 is 0.975 bits per heavy atom. The summed E-state index contributed by atoms with van der Waals surface area (Å²) in [6.07, 6.45) is 1.50. The van der Waals surface area contributed by atoms with Crippen molar-refractivity contribution >= 4 is 33.5 Å². The maximum Gasteiger partial charge on any atom is 0.271 e. The minimum Gasteiger partial charge on any atom is -0.318 e. The van der Waals surface area contributed by atoms with Gasteiger partial charge in [-0.3, -0.25) is 19.2 Å². The lowest BCUT2D eigenvalue weighted by atomic mass is 10.1. The number of aromatic nitrogens is 1. The van der Waals surface area contributed by atoms with Crippen LogP contribution >= 0.6 is 0 Å². The molecule has 0 radical (unpaired) electrons. The molecule has 0 spiro atoms.